The van der Waals surface area contributed by atoms with E-state index in [1.165, 1.54) is 0 Å². The van der Waals surface area contributed by atoms with Gasteiger partial charge in [-0.2, -0.15) is 4.98 Å². The van der Waals surface area contributed by atoms with Crippen LogP contribution in [0.15, 0.2) is 11.6 Å². The van der Waals surface area contributed by atoms with Gasteiger partial charge in [0.1, 0.15) is 0 Å². The summed E-state index contributed by atoms with van der Waals surface area (Å²) < 4.78 is 0. The number of hydrogen-bond acceptors (Lipinski definition) is 6. The number of carbonyl (C=O) groups is 1. The molecule has 0 saturated carbocycles. The van der Waals surface area contributed by atoms with E-state index in [4.69, 9.17) is 5.73 Å². The molecule has 0 aliphatic carbocycles. The number of nitrogens with zero attached hydrogens (tertiary/aromatic N) is 3. The topological polar surface area (TPSA) is 110 Å². The van der Waals surface area contributed by atoms with Crippen molar-refractivity contribution in [2.75, 3.05) is 12.3 Å². The number of nitrogens with two attached hydrogens (primary N) is 1. The highest BCUT2D eigenvalue weighted by Gasteiger charge is 2.13. The molecule has 0 spiro atoms. The second-order valence-corrected chi connectivity index (χ2v) is 4.45. The number of thiazole rings is 1. The molecule has 90 valence electrons. The highest BCUT2D eigenvalue weighted by atomic mass is 32.1. The van der Waals surface area contributed by atoms with Gasteiger partial charge in [0, 0.05) is 24.0 Å². The van der Waals surface area contributed by atoms with Crippen molar-refractivity contribution in [2.24, 2.45) is 0 Å². The van der Waals surface area contributed by atoms with Gasteiger partial charge in [0.25, 0.3) is 5.91 Å². The first-order valence-electron chi connectivity index (χ1n) is 5.02. The minimum Gasteiger partial charge on any atom is -0.366 e. The van der Waals surface area contributed by atoms with E-state index in [0.29, 0.717) is 6.54 Å². The molecule has 0 aliphatic rings. The van der Waals surface area contributed by atoms with E-state index in [9.17, 15) is 4.79 Å². The van der Waals surface area contributed by atoms with E-state index < -0.39 is 0 Å². The summed E-state index contributed by atoms with van der Waals surface area (Å²) in [5.74, 6) is 0.0220. The number of nitrogens with one attached hydrogen (secondary N) is 2. The Labute approximate surface area is 101 Å². The van der Waals surface area contributed by atoms with Crippen LogP contribution in [0.3, 0.4) is 0 Å². The molecular formula is C9H12N6OS. The molecule has 8 heteroatoms. The normalized spacial score (nSPS) is 12.3. The number of hydrogen-bond donors (Lipinski definition) is 3. The Morgan fingerprint density at radius 2 is 2.53 bits per heavy atom. The maximum Gasteiger partial charge on any atom is 0.288 e. The summed E-state index contributed by atoms with van der Waals surface area (Å²) in [6.07, 6.45) is 1.75. The zero-order valence-electron chi connectivity index (χ0n) is 9.17. The van der Waals surface area contributed by atoms with Crippen LogP contribution in [-0.4, -0.2) is 32.6 Å². The van der Waals surface area contributed by atoms with E-state index >= 15 is 0 Å². The zero-order valence-corrected chi connectivity index (χ0v) is 9.99. The Balaban J connectivity index is 1.88. The lowest BCUT2D eigenvalue weighted by Crippen LogP contribution is -2.28. The summed E-state index contributed by atoms with van der Waals surface area (Å²) in [7, 11) is 0. The lowest BCUT2D eigenvalue weighted by atomic mass is 10.2. The molecule has 1 unspecified atom stereocenters. The van der Waals surface area contributed by atoms with Gasteiger partial charge in [0.05, 0.1) is 5.01 Å². The Morgan fingerprint density at radius 1 is 1.71 bits per heavy atom. The SMILES string of the molecule is CC(CNC(=O)c1nc(N)n[nH]1)c1nccs1. The van der Waals surface area contributed by atoms with Crippen LogP contribution in [0.1, 0.15) is 28.5 Å². The standard InChI is InChI=1S/C9H12N6OS/c1-5(8-11-2-3-17-8)4-12-7(16)6-13-9(10)15-14-6/h2-3,5H,4H2,1H3,(H,12,16)(H3,10,13,14,15). The number of aromatic amines is 1. The molecule has 7 nitrogen and oxygen atoms in total. The molecule has 0 bridgehead atoms. The van der Waals surface area contributed by atoms with Gasteiger partial charge < -0.3 is 11.1 Å². The molecule has 4 N–H and O–H groups in total. The van der Waals surface area contributed by atoms with Crippen LogP contribution in [0.2, 0.25) is 0 Å². The predicted molar refractivity (Wildman–Crippen MR) is 63.7 cm³/mol. The quantitative estimate of drug-likeness (QED) is 0.728. The first-order valence-corrected chi connectivity index (χ1v) is 5.90. The van der Waals surface area contributed by atoms with Gasteiger partial charge in [0.2, 0.25) is 11.8 Å². The molecule has 2 aromatic heterocycles. The van der Waals surface area contributed by atoms with Gasteiger partial charge in [-0.3, -0.25) is 9.89 Å². The van der Waals surface area contributed by atoms with Crippen molar-refractivity contribution < 1.29 is 4.79 Å². The van der Waals surface area contributed by atoms with Gasteiger partial charge in [-0.25, -0.2) is 4.98 Å². The molecular weight excluding hydrogens is 240 g/mol. The summed E-state index contributed by atoms with van der Waals surface area (Å²) in [5.41, 5.74) is 5.31. The maximum absolute atomic E-state index is 11.6. The molecule has 0 radical (unpaired) electrons. The fourth-order valence-electron chi connectivity index (χ4n) is 1.27. The van der Waals surface area contributed by atoms with E-state index in [1.807, 2.05) is 12.3 Å². The van der Waals surface area contributed by atoms with Crippen molar-refractivity contribution in [1.82, 2.24) is 25.5 Å². The molecule has 2 heterocycles. The summed E-state index contributed by atoms with van der Waals surface area (Å²) in [5, 5.41) is 11.7. The zero-order chi connectivity index (χ0) is 12.3. The first-order chi connectivity index (χ1) is 8.16. The van der Waals surface area contributed by atoms with Gasteiger partial charge in [-0.05, 0) is 0 Å². The van der Waals surface area contributed by atoms with Crippen molar-refractivity contribution in [3.63, 3.8) is 0 Å². The molecule has 0 saturated heterocycles. The average molecular weight is 252 g/mol. The van der Waals surface area contributed by atoms with E-state index in [1.54, 1.807) is 17.5 Å². The minimum atomic E-state index is -0.322. The lowest BCUT2D eigenvalue weighted by Gasteiger charge is -2.08. The summed E-state index contributed by atoms with van der Waals surface area (Å²) in [4.78, 5) is 19.5. The lowest BCUT2D eigenvalue weighted by molar-refractivity contribution is 0.0941. The second-order valence-electron chi connectivity index (χ2n) is 3.52. The monoisotopic (exact) mass is 252 g/mol. The summed E-state index contributed by atoms with van der Waals surface area (Å²) in [6, 6.07) is 0. The van der Waals surface area contributed by atoms with Crippen LogP contribution < -0.4 is 11.1 Å². The smallest absolute Gasteiger partial charge is 0.288 e. The Bertz CT molecular complexity index is 493. The van der Waals surface area contributed by atoms with Crippen LogP contribution in [0.4, 0.5) is 5.95 Å². The van der Waals surface area contributed by atoms with Crippen LogP contribution >= 0.6 is 11.3 Å². The fraction of sp³-hybridized carbons (Fsp3) is 0.333. The van der Waals surface area contributed by atoms with Crippen LogP contribution in [0.25, 0.3) is 0 Å². The number of amides is 1. The average Bonchev–Trinajstić information content (AvgIpc) is 2.95. The van der Waals surface area contributed by atoms with Crippen molar-refractivity contribution in [1.29, 1.82) is 0 Å². The fourth-order valence-corrected chi connectivity index (χ4v) is 1.97. The van der Waals surface area contributed by atoms with E-state index in [0.717, 1.165) is 5.01 Å². The largest absolute Gasteiger partial charge is 0.366 e. The van der Waals surface area contributed by atoms with Crippen molar-refractivity contribution in [3.8, 4) is 0 Å². The molecule has 2 rings (SSSR count). The van der Waals surface area contributed by atoms with Crippen molar-refractivity contribution in [2.45, 2.75) is 12.8 Å². The number of rotatable bonds is 4. The third-order valence-corrected chi connectivity index (χ3v) is 3.17. The molecule has 2 aromatic rings. The molecule has 0 aliphatic heterocycles. The summed E-state index contributed by atoms with van der Waals surface area (Å²) >= 11 is 1.56. The molecule has 17 heavy (non-hydrogen) atoms. The number of carbonyl (C=O) groups excluding carboxylic acids is 1. The molecule has 1 atom stereocenters. The van der Waals surface area contributed by atoms with E-state index in [-0.39, 0.29) is 23.6 Å². The Morgan fingerprint density at radius 3 is 3.12 bits per heavy atom. The van der Waals surface area contributed by atoms with Crippen molar-refractivity contribution in [3.05, 3.63) is 22.4 Å². The van der Waals surface area contributed by atoms with Gasteiger partial charge >= 0.3 is 0 Å². The van der Waals surface area contributed by atoms with Crippen LogP contribution in [0, 0.1) is 0 Å². The number of anilines is 1. The van der Waals surface area contributed by atoms with Crippen molar-refractivity contribution >= 4 is 23.2 Å². The van der Waals surface area contributed by atoms with Crippen LogP contribution in [0.5, 0.6) is 0 Å². The second kappa shape index (κ2) is 4.91. The third kappa shape index (κ3) is 2.78. The first kappa shape index (κ1) is 11.5. The Hall–Kier alpha value is -1.96. The van der Waals surface area contributed by atoms with E-state index in [2.05, 4.69) is 25.5 Å². The molecule has 0 fully saturated rings. The summed E-state index contributed by atoms with van der Waals surface area (Å²) in [6.45, 7) is 2.49. The Kier molecular flexibility index (Phi) is 3.33. The maximum atomic E-state index is 11.6. The highest BCUT2D eigenvalue weighted by molar-refractivity contribution is 7.09. The predicted octanol–water partition coefficient (Wildman–Crippen LogP) is 0.377. The van der Waals surface area contributed by atoms with Gasteiger partial charge in [-0.1, -0.05) is 6.92 Å². The van der Waals surface area contributed by atoms with Crippen LogP contribution in [-0.2, 0) is 0 Å². The minimum absolute atomic E-state index is 0.0584. The molecule has 0 aromatic carbocycles. The third-order valence-electron chi connectivity index (χ3n) is 2.16. The van der Waals surface area contributed by atoms with Gasteiger partial charge in [-0.15, -0.1) is 16.4 Å². The number of H-pyrrole nitrogens is 1. The molecule has 1 amide bonds. The number of nitrogen functional groups attached to an aromatic ring is 1. The highest BCUT2D eigenvalue weighted by Crippen LogP contribution is 2.16. The number of aromatic nitrogens is 4. The van der Waals surface area contributed by atoms with Gasteiger partial charge in [0.15, 0.2) is 0 Å².